The molecule has 0 aromatic carbocycles. The van der Waals surface area contributed by atoms with Gasteiger partial charge in [0.15, 0.2) is 0 Å². The van der Waals surface area contributed by atoms with E-state index >= 15 is 0 Å². The fourth-order valence-corrected chi connectivity index (χ4v) is 2.28. The highest BCUT2D eigenvalue weighted by Gasteiger charge is 2.23. The molecule has 14 heavy (non-hydrogen) atoms. The average molecular weight is 262 g/mol. The Morgan fingerprint density at radius 1 is 1.14 bits per heavy atom. The Morgan fingerprint density at radius 2 is 1.93 bits per heavy atom. The molecule has 0 N–H and O–H groups in total. The van der Waals surface area contributed by atoms with Crippen molar-refractivity contribution in [2.75, 3.05) is 25.0 Å². The molecule has 2 heteroatoms. The molecule has 0 amide bonds. The number of alkyl halides is 1. The van der Waals surface area contributed by atoms with Gasteiger partial charge in [0.05, 0.1) is 0 Å². The molecule has 84 valence electrons. The van der Waals surface area contributed by atoms with Crippen molar-refractivity contribution >= 4 is 15.9 Å². The van der Waals surface area contributed by atoms with Crippen molar-refractivity contribution < 1.29 is 0 Å². The van der Waals surface area contributed by atoms with Gasteiger partial charge in [-0.1, -0.05) is 29.3 Å². The molecule has 1 aliphatic carbocycles. The van der Waals surface area contributed by atoms with Crippen LogP contribution in [0.25, 0.3) is 0 Å². The molecule has 1 nitrogen and oxygen atoms in total. The first-order chi connectivity index (χ1) is 6.86. The van der Waals surface area contributed by atoms with Gasteiger partial charge in [0.25, 0.3) is 0 Å². The van der Waals surface area contributed by atoms with Gasteiger partial charge in [-0.15, -0.1) is 0 Å². The molecule has 1 aliphatic rings. The van der Waals surface area contributed by atoms with Gasteiger partial charge in [-0.25, -0.2) is 0 Å². The number of rotatable bonds is 9. The van der Waals surface area contributed by atoms with Crippen molar-refractivity contribution in [1.29, 1.82) is 0 Å². The monoisotopic (exact) mass is 261 g/mol. The molecular weight excluding hydrogens is 238 g/mol. The maximum Gasteiger partial charge on any atom is 0.00313 e. The fraction of sp³-hybridized carbons (Fsp3) is 1.00. The maximum absolute atomic E-state index is 3.48. The third kappa shape index (κ3) is 6.02. The van der Waals surface area contributed by atoms with Crippen LogP contribution in [-0.2, 0) is 0 Å². The quantitative estimate of drug-likeness (QED) is 0.452. The van der Waals surface area contributed by atoms with Crippen LogP contribution in [0.4, 0.5) is 0 Å². The molecule has 1 rings (SSSR count). The molecule has 1 fully saturated rings. The van der Waals surface area contributed by atoms with E-state index in [1.54, 1.807) is 0 Å². The topological polar surface area (TPSA) is 3.24 Å². The van der Waals surface area contributed by atoms with Crippen molar-refractivity contribution in [1.82, 2.24) is 4.90 Å². The predicted molar refractivity (Wildman–Crippen MR) is 67.1 cm³/mol. The number of nitrogens with zero attached hydrogens (tertiary/aromatic N) is 1. The first kappa shape index (κ1) is 12.5. The van der Waals surface area contributed by atoms with Crippen molar-refractivity contribution in [2.24, 2.45) is 5.92 Å². The molecular formula is C12H24BrN. The second-order valence-corrected chi connectivity index (χ2v) is 5.29. The highest BCUT2D eigenvalue weighted by Crippen LogP contribution is 2.29. The van der Waals surface area contributed by atoms with E-state index in [2.05, 4.69) is 27.8 Å². The molecule has 0 spiro atoms. The number of halogens is 1. The van der Waals surface area contributed by atoms with Crippen LogP contribution in [-0.4, -0.2) is 29.9 Å². The minimum absolute atomic E-state index is 1.05. The lowest BCUT2D eigenvalue weighted by atomic mass is 10.2. The zero-order valence-corrected chi connectivity index (χ0v) is 11.1. The largest absolute Gasteiger partial charge is 0.303 e. The van der Waals surface area contributed by atoms with Crippen LogP contribution in [0, 0.1) is 5.92 Å². The van der Waals surface area contributed by atoms with Gasteiger partial charge in [0.2, 0.25) is 0 Å². The van der Waals surface area contributed by atoms with Crippen molar-refractivity contribution in [3.8, 4) is 0 Å². The second-order valence-electron chi connectivity index (χ2n) is 4.49. The van der Waals surface area contributed by atoms with Crippen LogP contribution in [0.3, 0.4) is 0 Å². The Bertz CT molecular complexity index is 134. The highest BCUT2D eigenvalue weighted by molar-refractivity contribution is 9.09. The van der Waals surface area contributed by atoms with Gasteiger partial charge in [0, 0.05) is 11.9 Å². The minimum Gasteiger partial charge on any atom is -0.303 e. The molecule has 0 aromatic heterocycles. The number of unbranched alkanes of at least 4 members (excludes halogenated alkanes) is 2. The first-order valence-electron chi connectivity index (χ1n) is 6.15. The summed E-state index contributed by atoms with van der Waals surface area (Å²) in [6, 6.07) is 0. The van der Waals surface area contributed by atoms with Gasteiger partial charge >= 0.3 is 0 Å². The van der Waals surface area contributed by atoms with Crippen LogP contribution in [0.1, 0.15) is 45.4 Å². The summed E-state index contributed by atoms with van der Waals surface area (Å²) in [7, 11) is 0. The van der Waals surface area contributed by atoms with Crippen LogP contribution >= 0.6 is 15.9 Å². The third-order valence-electron chi connectivity index (χ3n) is 2.86. The minimum atomic E-state index is 1.05. The number of hydrogen-bond donors (Lipinski definition) is 0. The molecule has 0 aromatic rings. The van der Waals surface area contributed by atoms with Crippen molar-refractivity contribution in [3.63, 3.8) is 0 Å². The molecule has 1 saturated carbocycles. The van der Waals surface area contributed by atoms with Crippen LogP contribution < -0.4 is 0 Å². The molecule has 0 saturated heterocycles. The highest BCUT2D eigenvalue weighted by atomic mass is 79.9. The van der Waals surface area contributed by atoms with E-state index in [0.717, 1.165) is 5.92 Å². The van der Waals surface area contributed by atoms with E-state index in [-0.39, 0.29) is 0 Å². The van der Waals surface area contributed by atoms with Crippen molar-refractivity contribution in [2.45, 2.75) is 45.4 Å². The summed E-state index contributed by atoms with van der Waals surface area (Å²) in [6.45, 7) is 6.31. The summed E-state index contributed by atoms with van der Waals surface area (Å²) in [5.41, 5.74) is 0. The smallest absolute Gasteiger partial charge is 0.00313 e. The maximum atomic E-state index is 3.48. The third-order valence-corrected chi connectivity index (χ3v) is 3.42. The second kappa shape index (κ2) is 7.70. The molecule has 0 radical (unpaired) electrons. The van der Waals surface area contributed by atoms with E-state index in [1.807, 2.05) is 0 Å². The Hall–Kier alpha value is 0.440. The lowest BCUT2D eigenvalue weighted by Gasteiger charge is -2.21. The first-order valence-corrected chi connectivity index (χ1v) is 7.27. The van der Waals surface area contributed by atoms with Gasteiger partial charge in [-0.05, 0) is 51.1 Å². The zero-order valence-electron chi connectivity index (χ0n) is 9.47. The van der Waals surface area contributed by atoms with E-state index in [9.17, 15) is 0 Å². The molecule has 0 atom stereocenters. The summed E-state index contributed by atoms with van der Waals surface area (Å²) < 4.78 is 0. The Morgan fingerprint density at radius 3 is 2.50 bits per heavy atom. The van der Waals surface area contributed by atoms with Crippen LogP contribution in [0.5, 0.6) is 0 Å². The number of hydrogen-bond acceptors (Lipinski definition) is 1. The summed E-state index contributed by atoms with van der Waals surface area (Å²) >= 11 is 3.48. The average Bonchev–Trinajstić information content (AvgIpc) is 2.96. The van der Waals surface area contributed by atoms with Crippen LogP contribution in [0.2, 0.25) is 0 Å². The summed E-state index contributed by atoms with van der Waals surface area (Å²) in [6.07, 6.45) is 8.40. The van der Waals surface area contributed by atoms with Gasteiger partial charge in [-0.2, -0.15) is 0 Å². The van der Waals surface area contributed by atoms with E-state index in [4.69, 9.17) is 0 Å². The standard InChI is InChI=1S/C12H24BrN/c1-2-9-14(11-12-6-7-12)10-5-3-4-8-13/h12H,2-11H2,1H3. The van der Waals surface area contributed by atoms with E-state index in [1.165, 1.54) is 63.5 Å². The molecule has 0 unspecified atom stereocenters. The Kier molecular flexibility index (Phi) is 6.88. The fourth-order valence-electron chi connectivity index (χ4n) is 1.88. The van der Waals surface area contributed by atoms with Crippen LogP contribution in [0.15, 0.2) is 0 Å². The lowest BCUT2D eigenvalue weighted by Crippen LogP contribution is -2.28. The van der Waals surface area contributed by atoms with Crippen molar-refractivity contribution in [3.05, 3.63) is 0 Å². The van der Waals surface area contributed by atoms with Gasteiger partial charge < -0.3 is 4.90 Å². The lowest BCUT2D eigenvalue weighted by molar-refractivity contribution is 0.258. The van der Waals surface area contributed by atoms with E-state index < -0.39 is 0 Å². The predicted octanol–water partition coefficient (Wildman–Crippen LogP) is 3.67. The summed E-state index contributed by atoms with van der Waals surface area (Å²) in [5, 5.41) is 1.17. The van der Waals surface area contributed by atoms with Gasteiger partial charge in [0.1, 0.15) is 0 Å². The molecule has 0 aliphatic heterocycles. The normalized spacial score (nSPS) is 16.5. The molecule has 0 heterocycles. The Labute approximate surface area is 97.4 Å². The summed E-state index contributed by atoms with van der Waals surface area (Å²) in [4.78, 5) is 2.67. The zero-order chi connectivity index (χ0) is 10.2. The van der Waals surface area contributed by atoms with E-state index in [0.29, 0.717) is 0 Å². The Balaban J connectivity index is 2.01. The van der Waals surface area contributed by atoms with Gasteiger partial charge in [-0.3, -0.25) is 0 Å². The molecule has 0 bridgehead atoms. The SMILES string of the molecule is CCCN(CCCCCBr)CC1CC1. The summed E-state index contributed by atoms with van der Waals surface area (Å²) in [5.74, 6) is 1.05.